The van der Waals surface area contributed by atoms with Crippen LogP contribution in [0.15, 0.2) is 48.5 Å². The molecular formula is C33H40N2. The molecular weight excluding hydrogens is 424 g/mol. The van der Waals surface area contributed by atoms with E-state index in [0.29, 0.717) is 17.8 Å². The van der Waals surface area contributed by atoms with E-state index in [9.17, 15) is 0 Å². The van der Waals surface area contributed by atoms with E-state index in [1.807, 2.05) is 6.92 Å². The Kier molecular flexibility index (Phi) is 6.91. The van der Waals surface area contributed by atoms with Gasteiger partial charge in [-0.15, -0.1) is 0 Å². The summed E-state index contributed by atoms with van der Waals surface area (Å²) >= 11 is 0. The fraction of sp³-hybridized carbons (Fsp3) is 0.455. The van der Waals surface area contributed by atoms with Gasteiger partial charge in [0.25, 0.3) is 0 Å². The minimum absolute atomic E-state index is 0.595. The lowest BCUT2D eigenvalue weighted by Gasteiger charge is -2.22. The molecule has 1 heterocycles. The Bertz CT molecular complexity index is 1340. The molecule has 4 aromatic rings. The molecule has 3 aromatic carbocycles. The van der Waals surface area contributed by atoms with Crippen molar-refractivity contribution in [3.63, 3.8) is 0 Å². The lowest BCUT2D eigenvalue weighted by molar-refractivity contribution is 0.443. The van der Waals surface area contributed by atoms with Crippen molar-refractivity contribution in [2.75, 3.05) is 0 Å². The van der Waals surface area contributed by atoms with Crippen LogP contribution in [0.2, 0.25) is 0 Å². The maximum absolute atomic E-state index is 5.05. The second kappa shape index (κ2) is 10.1. The summed E-state index contributed by atoms with van der Waals surface area (Å²) < 4.78 is 0. The first-order chi connectivity index (χ1) is 16.9. The monoisotopic (exact) mass is 464 g/mol. The van der Waals surface area contributed by atoms with Crippen molar-refractivity contribution in [2.45, 2.75) is 85.5 Å². The molecule has 1 aromatic heterocycles. The molecule has 35 heavy (non-hydrogen) atoms. The summed E-state index contributed by atoms with van der Waals surface area (Å²) in [5, 5.41) is 3.80. The second-order valence-corrected chi connectivity index (χ2v) is 11.6. The first kappa shape index (κ1) is 24.0. The molecule has 0 atom stereocenters. The topological polar surface area (TPSA) is 25.8 Å². The highest BCUT2D eigenvalue weighted by Gasteiger charge is 2.18. The Labute approximate surface area is 211 Å². The van der Waals surface area contributed by atoms with E-state index in [-0.39, 0.29) is 0 Å². The average molecular weight is 465 g/mol. The summed E-state index contributed by atoms with van der Waals surface area (Å²) in [6.45, 7) is 11.3. The number of rotatable bonds is 6. The molecule has 2 heteroatoms. The van der Waals surface area contributed by atoms with Crippen LogP contribution in [0.4, 0.5) is 0 Å². The Morgan fingerprint density at radius 3 is 2.34 bits per heavy atom. The summed E-state index contributed by atoms with van der Waals surface area (Å²) in [7, 11) is 0. The van der Waals surface area contributed by atoms with Crippen LogP contribution in [0, 0.1) is 18.8 Å². The lowest BCUT2D eigenvalue weighted by Crippen LogP contribution is -2.05. The number of aromatic nitrogens is 2. The van der Waals surface area contributed by atoms with E-state index in [2.05, 4.69) is 76.2 Å². The number of nitrogens with zero attached hydrogens (tertiary/aromatic N) is 2. The number of hydrogen-bond donors (Lipinski definition) is 0. The quantitative estimate of drug-likeness (QED) is 0.266. The highest BCUT2D eigenvalue weighted by molar-refractivity contribution is 6.10. The Hall–Kier alpha value is -2.74. The highest BCUT2D eigenvalue weighted by atomic mass is 14.9. The fourth-order valence-corrected chi connectivity index (χ4v) is 6.10. The number of hydrogen-bond acceptors (Lipinski definition) is 2. The van der Waals surface area contributed by atoms with E-state index in [0.717, 1.165) is 29.9 Å². The van der Waals surface area contributed by atoms with Crippen molar-refractivity contribution >= 4 is 21.7 Å². The van der Waals surface area contributed by atoms with Gasteiger partial charge in [0.05, 0.1) is 11.2 Å². The molecule has 0 amide bonds. The maximum Gasteiger partial charge on any atom is 0.126 e. The second-order valence-electron chi connectivity index (χ2n) is 11.6. The predicted octanol–water partition coefficient (Wildman–Crippen LogP) is 9.20. The van der Waals surface area contributed by atoms with Crippen LogP contribution in [0.25, 0.3) is 32.9 Å². The Morgan fingerprint density at radius 2 is 1.60 bits per heavy atom. The average Bonchev–Trinajstić information content (AvgIpc) is 2.83. The molecule has 0 bridgehead atoms. The van der Waals surface area contributed by atoms with Gasteiger partial charge in [-0.3, -0.25) is 0 Å². The van der Waals surface area contributed by atoms with E-state index < -0.39 is 0 Å². The van der Waals surface area contributed by atoms with Gasteiger partial charge in [-0.2, -0.15) is 0 Å². The van der Waals surface area contributed by atoms with Crippen LogP contribution in [0.1, 0.15) is 88.2 Å². The summed E-state index contributed by atoms with van der Waals surface area (Å²) in [5.41, 5.74) is 7.76. The van der Waals surface area contributed by atoms with Gasteiger partial charge in [0, 0.05) is 16.3 Å². The van der Waals surface area contributed by atoms with Crippen molar-refractivity contribution in [1.29, 1.82) is 0 Å². The third-order valence-electron chi connectivity index (χ3n) is 7.54. The van der Waals surface area contributed by atoms with E-state index in [4.69, 9.17) is 9.97 Å². The first-order valence-corrected chi connectivity index (χ1v) is 13.7. The molecule has 1 aliphatic rings. The molecule has 0 N–H and O–H groups in total. The zero-order valence-electron chi connectivity index (χ0n) is 22.2. The van der Waals surface area contributed by atoms with Gasteiger partial charge in [0.1, 0.15) is 5.82 Å². The van der Waals surface area contributed by atoms with Crippen molar-refractivity contribution in [2.24, 2.45) is 11.8 Å². The van der Waals surface area contributed by atoms with Crippen LogP contribution in [0.5, 0.6) is 0 Å². The Balaban J connectivity index is 1.70. The van der Waals surface area contributed by atoms with Crippen LogP contribution in [0.3, 0.4) is 0 Å². The maximum atomic E-state index is 5.05. The molecule has 0 unspecified atom stereocenters. The molecule has 182 valence electrons. The molecule has 2 nitrogen and oxygen atoms in total. The third-order valence-corrected chi connectivity index (χ3v) is 7.54. The SMILES string of the molecule is Cc1nc(-c2cccc(C3CCCCC3)c2)c2ccc3cc(CC(C)C)cc(CC(C)C)c3c2n1. The highest BCUT2D eigenvalue weighted by Crippen LogP contribution is 2.37. The molecule has 1 fully saturated rings. The summed E-state index contributed by atoms with van der Waals surface area (Å²) in [6.07, 6.45) is 8.90. The van der Waals surface area contributed by atoms with Crippen LogP contribution >= 0.6 is 0 Å². The minimum atomic E-state index is 0.595. The molecule has 5 rings (SSSR count). The zero-order chi connectivity index (χ0) is 24.5. The van der Waals surface area contributed by atoms with Gasteiger partial charge >= 0.3 is 0 Å². The van der Waals surface area contributed by atoms with E-state index in [1.165, 1.54) is 70.5 Å². The van der Waals surface area contributed by atoms with Gasteiger partial charge in [0.15, 0.2) is 0 Å². The number of fused-ring (bicyclic) bond motifs is 3. The lowest BCUT2D eigenvalue weighted by atomic mass is 9.83. The van der Waals surface area contributed by atoms with Crippen molar-refractivity contribution in [1.82, 2.24) is 9.97 Å². The van der Waals surface area contributed by atoms with Crippen molar-refractivity contribution < 1.29 is 0 Å². The van der Waals surface area contributed by atoms with Crippen molar-refractivity contribution in [3.05, 3.63) is 71.0 Å². The Morgan fingerprint density at radius 1 is 0.829 bits per heavy atom. The molecule has 0 aliphatic heterocycles. The van der Waals surface area contributed by atoms with Crippen LogP contribution < -0.4 is 0 Å². The van der Waals surface area contributed by atoms with Crippen LogP contribution in [-0.2, 0) is 12.8 Å². The molecule has 1 aliphatic carbocycles. The largest absolute Gasteiger partial charge is 0.233 e. The third kappa shape index (κ3) is 5.13. The molecule has 0 radical (unpaired) electrons. The van der Waals surface area contributed by atoms with Gasteiger partial charge in [-0.1, -0.05) is 83.4 Å². The summed E-state index contributed by atoms with van der Waals surface area (Å²) in [6, 6.07) is 18.6. The standard InChI is InChI=1S/C33H40N2/c1-21(2)16-24-18-27-14-15-30-32(28-13-9-12-26(20-28)25-10-7-6-8-11-25)34-23(5)35-33(30)31(27)29(19-24)17-22(3)4/h9,12-15,18-22,25H,6-8,10-11,16-17H2,1-5H3. The van der Waals surface area contributed by atoms with Crippen molar-refractivity contribution in [3.8, 4) is 11.3 Å². The fourth-order valence-electron chi connectivity index (χ4n) is 6.10. The normalized spacial score (nSPS) is 15.1. The smallest absolute Gasteiger partial charge is 0.126 e. The molecule has 1 saturated carbocycles. The molecule has 0 saturated heterocycles. The van der Waals surface area contributed by atoms with Gasteiger partial charge in [-0.25, -0.2) is 9.97 Å². The number of benzene rings is 3. The zero-order valence-corrected chi connectivity index (χ0v) is 22.2. The van der Waals surface area contributed by atoms with Gasteiger partial charge in [0.2, 0.25) is 0 Å². The van der Waals surface area contributed by atoms with Gasteiger partial charge in [-0.05, 0) is 84.6 Å². The summed E-state index contributed by atoms with van der Waals surface area (Å²) in [5.74, 6) is 2.78. The van der Waals surface area contributed by atoms with E-state index in [1.54, 1.807) is 0 Å². The minimum Gasteiger partial charge on any atom is -0.233 e. The number of aryl methyl sites for hydroxylation is 1. The van der Waals surface area contributed by atoms with Crippen LogP contribution in [-0.4, -0.2) is 9.97 Å². The first-order valence-electron chi connectivity index (χ1n) is 13.7. The molecule has 0 spiro atoms. The van der Waals surface area contributed by atoms with Gasteiger partial charge < -0.3 is 0 Å². The summed E-state index contributed by atoms with van der Waals surface area (Å²) in [4.78, 5) is 10.1. The predicted molar refractivity (Wildman–Crippen MR) is 150 cm³/mol. The van der Waals surface area contributed by atoms with E-state index >= 15 is 0 Å².